The Morgan fingerprint density at radius 3 is 2.90 bits per heavy atom. The zero-order valence-electron chi connectivity index (χ0n) is 12.0. The third-order valence-corrected chi connectivity index (χ3v) is 4.04. The molecule has 0 aliphatic heterocycles. The first kappa shape index (κ1) is 16.5. The molecule has 0 unspecified atom stereocenters. The molecule has 0 aliphatic rings. The van der Waals surface area contributed by atoms with Gasteiger partial charge < -0.3 is 10.1 Å². The molecule has 0 saturated carbocycles. The van der Waals surface area contributed by atoms with Gasteiger partial charge in [0.05, 0.1) is 11.1 Å². The first-order chi connectivity index (χ1) is 10.2. The lowest BCUT2D eigenvalue weighted by atomic mass is 10.2. The van der Waals surface area contributed by atoms with Gasteiger partial charge in [-0.1, -0.05) is 15.9 Å². The van der Waals surface area contributed by atoms with E-state index in [2.05, 4.69) is 48.3 Å². The number of benzene rings is 1. The van der Waals surface area contributed by atoms with Crippen molar-refractivity contribution in [2.75, 3.05) is 13.2 Å². The molecule has 0 atom stereocenters. The van der Waals surface area contributed by atoms with E-state index in [0.29, 0.717) is 6.61 Å². The number of hydrogen-bond donors (Lipinski definition) is 1. The van der Waals surface area contributed by atoms with Crippen LogP contribution in [0.15, 0.2) is 39.5 Å². The Bertz CT molecular complexity index is 558. The molecule has 1 heterocycles. The molecule has 4 nitrogen and oxygen atoms in total. The van der Waals surface area contributed by atoms with Gasteiger partial charge in [-0.25, -0.2) is 0 Å². The van der Waals surface area contributed by atoms with Crippen LogP contribution in [0.2, 0.25) is 0 Å². The van der Waals surface area contributed by atoms with Gasteiger partial charge >= 0.3 is 0 Å². The number of hydrogen-bond acceptors (Lipinski definition) is 3. The van der Waals surface area contributed by atoms with Crippen molar-refractivity contribution in [1.29, 1.82) is 0 Å². The Balaban J connectivity index is 1.84. The summed E-state index contributed by atoms with van der Waals surface area (Å²) in [4.78, 5) is 0. The number of halogens is 2. The molecule has 1 aromatic heterocycles. The summed E-state index contributed by atoms with van der Waals surface area (Å²) in [5.41, 5.74) is 1.15. The third-order valence-electron chi connectivity index (χ3n) is 2.99. The predicted molar refractivity (Wildman–Crippen MR) is 91.6 cm³/mol. The van der Waals surface area contributed by atoms with Crippen molar-refractivity contribution in [1.82, 2.24) is 15.1 Å². The molecule has 2 rings (SSSR count). The molecule has 21 heavy (non-hydrogen) atoms. The topological polar surface area (TPSA) is 39.1 Å². The number of aromatic nitrogens is 2. The van der Waals surface area contributed by atoms with Gasteiger partial charge in [-0.2, -0.15) is 5.10 Å². The van der Waals surface area contributed by atoms with Crippen molar-refractivity contribution < 1.29 is 4.74 Å². The van der Waals surface area contributed by atoms with Crippen LogP contribution in [0.5, 0.6) is 5.75 Å². The van der Waals surface area contributed by atoms with Gasteiger partial charge in [0.15, 0.2) is 0 Å². The highest BCUT2D eigenvalue weighted by atomic mass is 79.9. The van der Waals surface area contributed by atoms with Crippen LogP contribution in [-0.2, 0) is 13.1 Å². The van der Waals surface area contributed by atoms with Gasteiger partial charge in [0.1, 0.15) is 5.75 Å². The second-order valence-corrected chi connectivity index (χ2v) is 6.38. The average Bonchev–Trinajstić information content (AvgIpc) is 2.95. The van der Waals surface area contributed by atoms with Crippen molar-refractivity contribution in [2.45, 2.75) is 26.4 Å². The minimum Gasteiger partial charge on any atom is -0.492 e. The molecule has 0 fully saturated rings. The fourth-order valence-electron chi connectivity index (χ4n) is 2.07. The lowest BCUT2D eigenvalue weighted by molar-refractivity contribution is 0.333. The van der Waals surface area contributed by atoms with Crippen LogP contribution in [0.25, 0.3) is 0 Å². The Hall–Kier alpha value is -0.850. The molecule has 114 valence electrons. The molecular weight excluding hydrogens is 398 g/mol. The Morgan fingerprint density at radius 2 is 2.19 bits per heavy atom. The minimum atomic E-state index is 0.659. The van der Waals surface area contributed by atoms with Crippen LogP contribution in [0.4, 0.5) is 0 Å². The van der Waals surface area contributed by atoms with E-state index in [4.69, 9.17) is 4.74 Å². The maximum absolute atomic E-state index is 5.72. The highest BCUT2D eigenvalue weighted by Crippen LogP contribution is 2.32. The summed E-state index contributed by atoms with van der Waals surface area (Å²) in [7, 11) is 0. The largest absolute Gasteiger partial charge is 0.492 e. The molecule has 0 bridgehead atoms. The maximum atomic E-state index is 5.72. The summed E-state index contributed by atoms with van der Waals surface area (Å²) in [5.74, 6) is 0.917. The number of nitrogens with one attached hydrogen (secondary N) is 1. The fourth-order valence-corrected chi connectivity index (χ4v) is 3.50. The zero-order chi connectivity index (χ0) is 15.1. The first-order valence-electron chi connectivity index (χ1n) is 6.99. The summed E-state index contributed by atoms with van der Waals surface area (Å²) < 4.78 is 9.69. The quantitative estimate of drug-likeness (QED) is 0.661. The molecular formula is C15H19Br2N3O. The first-order valence-corrected chi connectivity index (χ1v) is 8.58. The molecule has 0 amide bonds. The summed E-state index contributed by atoms with van der Waals surface area (Å²) >= 11 is 7.08. The SMILES string of the molecule is CCOc1c(Br)cc(Br)cc1CNCCCn1cccn1. The highest BCUT2D eigenvalue weighted by Gasteiger charge is 2.09. The van der Waals surface area contributed by atoms with Crippen molar-refractivity contribution in [3.8, 4) is 5.75 Å². The van der Waals surface area contributed by atoms with Crippen LogP contribution in [0.3, 0.4) is 0 Å². The van der Waals surface area contributed by atoms with Crippen molar-refractivity contribution in [3.63, 3.8) is 0 Å². The van der Waals surface area contributed by atoms with E-state index in [1.165, 1.54) is 0 Å². The van der Waals surface area contributed by atoms with Gasteiger partial charge in [0, 0.05) is 35.5 Å². The number of ether oxygens (including phenoxy) is 1. The van der Waals surface area contributed by atoms with Crippen LogP contribution in [0.1, 0.15) is 18.9 Å². The van der Waals surface area contributed by atoms with E-state index in [0.717, 1.165) is 46.3 Å². The standard InChI is InChI=1S/C15H19Br2N3O/c1-2-21-15-12(9-13(16)10-14(15)17)11-18-5-3-7-20-8-4-6-19-20/h4,6,8-10,18H,2-3,5,7,11H2,1H3. The maximum Gasteiger partial charge on any atom is 0.138 e. The van der Waals surface area contributed by atoms with Crippen molar-refractivity contribution in [2.24, 2.45) is 0 Å². The van der Waals surface area contributed by atoms with Gasteiger partial charge in [-0.15, -0.1) is 0 Å². The third kappa shape index (κ3) is 5.13. The van der Waals surface area contributed by atoms with E-state index in [1.54, 1.807) is 6.20 Å². The lowest BCUT2D eigenvalue weighted by Gasteiger charge is -2.13. The van der Waals surface area contributed by atoms with E-state index in [1.807, 2.05) is 29.9 Å². The molecule has 1 aromatic carbocycles. The highest BCUT2D eigenvalue weighted by molar-refractivity contribution is 9.11. The van der Waals surface area contributed by atoms with Gasteiger partial charge in [0.25, 0.3) is 0 Å². The Morgan fingerprint density at radius 1 is 1.33 bits per heavy atom. The lowest BCUT2D eigenvalue weighted by Crippen LogP contribution is -2.17. The second-order valence-electron chi connectivity index (χ2n) is 4.61. The Kier molecular flexibility index (Phi) is 6.73. The van der Waals surface area contributed by atoms with E-state index < -0.39 is 0 Å². The molecule has 0 aliphatic carbocycles. The summed E-state index contributed by atoms with van der Waals surface area (Å²) in [5, 5.41) is 7.64. The van der Waals surface area contributed by atoms with Crippen molar-refractivity contribution >= 4 is 31.9 Å². The summed E-state index contributed by atoms with van der Waals surface area (Å²) in [6, 6.07) is 6.04. The van der Waals surface area contributed by atoms with Crippen LogP contribution in [-0.4, -0.2) is 22.9 Å². The average molecular weight is 417 g/mol. The normalized spacial score (nSPS) is 10.8. The minimum absolute atomic E-state index is 0.659. The smallest absolute Gasteiger partial charge is 0.138 e. The molecule has 0 saturated heterocycles. The predicted octanol–water partition coefficient (Wildman–Crippen LogP) is 3.99. The van der Waals surface area contributed by atoms with Gasteiger partial charge in [0.2, 0.25) is 0 Å². The Labute approximate surface area is 142 Å². The molecule has 0 spiro atoms. The van der Waals surface area contributed by atoms with Crippen LogP contribution in [0, 0.1) is 0 Å². The number of aryl methyl sites for hydroxylation is 1. The number of rotatable bonds is 8. The second kappa shape index (κ2) is 8.56. The fraction of sp³-hybridized carbons (Fsp3) is 0.400. The summed E-state index contributed by atoms with van der Waals surface area (Å²) in [6.45, 7) is 5.31. The van der Waals surface area contributed by atoms with Crippen LogP contribution < -0.4 is 10.1 Å². The molecule has 2 aromatic rings. The van der Waals surface area contributed by atoms with E-state index in [-0.39, 0.29) is 0 Å². The van der Waals surface area contributed by atoms with Crippen molar-refractivity contribution in [3.05, 3.63) is 45.1 Å². The monoisotopic (exact) mass is 415 g/mol. The molecule has 0 radical (unpaired) electrons. The zero-order valence-corrected chi connectivity index (χ0v) is 15.2. The summed E-state index contributed by atoms with van der Waals surface area (Å²) in [6.07, 6.45) is 4.83. The van der Waals surface area contributed by atoms with Gasteiger partial charge in [-0.3, -0.25) is 4.68 Å². The van der Waals surface area contributed by atoms with E-state index >= 15 is 0 Å². The van der Waals surface area contributed by atoms with Crippen LogP contribution >= 0.6 is 31.9 Å². The number of nitrogens with zero attached hydrogens (tertiary/aromatic N) is 2. The van der Waals surface area contributed by atoms with Gasteiger partial charge in [-0.05, 0) is 54.0 Å². The molecule has 1 N–H and O–H groups in total. The van der Waals surface area contributed by atoms with E-state index in [9.17, 15) is 0 Å². The molecule has 6 heteroatoms.